The molecule has 0 aromatic heterocycles. The maximum Gasteiger partial charge on any atom is 1.00 e. The lowest BCUT2D eigenvalue weighted by molar-refractivity contribution is 1.61. The van der Waals surface area contributed by atoms with E-state index in [1.54, 1.807) is 0 Å². The van der Waals surface area contributed by atoms with E-state index >= 15 is 0 Å². The van der Waals surface area contributed by atoms with Crippen LogP contribution in [0, 0.1) is 6.07 Å². The SMILES string of the molecule is [H+].[c]1ccc(-c2ccccc2)cc1. The number of benzene rings is 2. The Morgan fingerprint density at radius 2 is 1.33 bits per heavy atom. The third kappa shape index (κ3) is 1.37. The van der Waals surface area contributed by atoms with Crippen LogP contribution in [0.3, 0.4) is 0 Å². The van der Waals surface area contributed by atoms with E-state index in [2.05, 4.69) is 30.3 Å². The predicted molar refractivity (Wildman–Crippen MR) is 51.8 cm³/mol. The van der Waals surface area contributed by atoms with E-state index in [0.717, 1.165) is 0 Å². The van der Waals surface area contributed by atoms with Crippen molar-refractivity contribution >= 4 is 0 Å². The monoisotopic (exact) mass is 154 g/mol. The molecule has 0 bridgehead atoms. The highest BCUT2D eigenvalue weighted by Crippen LogP contribution is 2.16. The molecular formula is C12H10+. The van der Waals surface area contributed by atoms with Gasteiger partial charge in [-0.1, -0.05) is 54.6 Å². The van der Waals surface area contributed by atoms with Crippen LogP contribution in [0.15, 0.2) is 54.6 Å². The van der Waals surface area contributed by atoms with E-state index in [1.807, 2.05) is 30.3 Å². The summed E-state index contributed by atoms with van der Waals surface area (Å²) >= 11 is 0. The molecule has 0 saturated carbocycles. The largest absolute Gasteiger partial charge is 1.00 e. The van der Waals surface area contributed by atoms with Gasteiger partial charge in [0.25, 0.3) is 0 Å². The molecule has 0 nitrogen and oxygen atoms in total. The molecule has 0 heteroatoms. The van der Waals surface area contributed by atoms with Crippen molar-refractivity contribution in [1.82, 2.24) is 0 Å². The van der Waals surface area contributed by atoms with Crippen LogP contribution < -0.4 is 0 Å². The summed E-state index contributed by atoms with van der Waals surface area (Å²) in [7, 11) is 0. The molecule has 0 aliphatic heterocycles. The van der Waals surface area contributed by atoms with Crippen LogP contribution in [0.5, 0.6) is 0 Å². The summed E-state index contributed by atoms with van der Waals surface area (Å²) < 4.78 is 0. The first kappa shape index (κ1) is 7.11. The molecule has 0 fully saturated rings. The van der Waals surface area contributed by atoms with Gasteiger partial charge in [0.2, 0.25) is 0 Å². The average molecular weight is 154 g/mol. The van der Waals surface area contributed by atoms with Crippen LogP contribution in [0.4, 0.5) is 0 Å². The lowest BCUT2D eigenvalue weighted by Gasteiger charge is -1.98. The fourth-order valence-corrected chi connectivity index (χ4v) is 1.21. The lowest BCUT2D eigenvalue weighted by atomic mass is 10.1. The van der Waals surface area contributed by atoms with Gasteiger partial charge >= 0.3 is 1.43 Å². The predicted octanol–water partition coefficient (Wildman–Crippen LogP) is 3.27. The molecule has 0 spiro atoms. The average Bonchev–Trinajstić information content (AvgIpc) is 2.21. The molecular weight excluding hydrogens is 144 g/mol. The summed E-state index contributed by atoms with van der Waals surface area (Å²) in [5.41, 5.74) is 2.50. The minimum Gasteiger partial charge on any atom is -0.0622 e. The van der Waals surface area contributed by atoms with Gasteiger partial charge in [-0.25, -0.2) is 0 Å². The highest BCUT2D eigenvalue weighted by Gasteiger charge is 1.91. The zero-order valence-electron chi connectivity index (χ0n) is 7.70. The number of rotatable bonds is 1. The first-order chi connectivity index (χ1) is 5.97. The van der Waals surface area contributed by atoms with Crippen molar-refractivity contribution in [3.05, 3.63) is 60.7 Å². The second-order valence-corrected chi connectivity index (χ2v) is 2.65. The van der Waals surface area contributed by atoms with Crippen LogP contribution in [-0.4, -0.2) is 0 Å². The maximum absolute atomic E-state index is 3.00. The number of hydrogen-bond donors (Lipinski definition) is 0. The molecule has 2 aromatic carbocycles. The highest BCUT2D eigenvalue weighted by molar-refractivity contribution is 5.62. The molecule has 0 unspecified atom stereocenters. The van der Waals surface area contributed by atoms with Crippen molar-refractivity contribution in [2.45, 2.75) is 0 Å². The van der Waals surface area contributed by atoms with Gasteiger partial charge in [0.05, 0.1) is 0 Å². The Morgan fingerprint density at radius 1 is 0.750 bits per heavy atom. The van der Waals surface area contributed by atoms with Gasteiger partial charge in [-0.3, -0.25) is 0 Å². The lowest BCUT2D eigenvalue weighted by Crippen LogP contribution is -1.73. The Labute approximate surface area is 74.0 Å². The molecule has 0 atom stereocenters. The van der Waals surface area contributed by atoms with Crippen molar-refractivity contribution in [3.8, 4) is 11.1 Å². The zero-order valence-corrected chi connectivity index (χ0v) is 6.70. The van der Waals surface area contributed by atoms with Gasteiger partial charge in [-0.15, -0.1) is 0 Å². The van der Waals surface area contributed by atoms with Crippen molar-refractivity contribution in [1.29, 1.82) is 0 Å². The van der Waals surface area contributed by atoms with E-state index in [9.17, 15) is 0 Å². The van der Waals surface area contributed by atoms with Crippen molar-refractivity contribution in [2.75, 3.05) is 0 Å². The van der Waals surface area contributed by atoms with Gasteiger partial charge in [0.1, 0.15) is 0 Å². The molecule has 0 aliphatic carbocycles. The Balaban J connectivity index is 0.000000845. The summed E-state index contributed by atoms with van der Waals surface area (Å²) in [4.78, 5) is 0. The summed E-state index contributed by atoms with van der Waals surface area (Å²) in [6.45, 7) is 0. The molecule has 0 aliphatic rings. The van der Waals surface area contributed by atoms with E-state index in [4.69, 9.17) is 0 Å². The minimum absolute atomic E-state index is 0. The molecule has 57 valence electrons. The molecule has 0 amide bonds. The summed E-state index contributed by atoms with van der Waals surface area (Å²) in [6, 6.07) is 21.3. The van der Waals surface area contributed by atoms with Crippen LogP contribution in [0.25, 0.3) is 11.1 Å². The standard InChI is InChI=1S/C12H9/c1-3-7-11(8-4-1)12-9-5-2-6-10-12/h1,3-10H/p+1. The Bertz CT molecular complexity index is 303. The quantitative estimate of drug-likeness (QED) is 0.591. The summed E-state index contributed by atoms with van der Waals surface area (Å²) in [5.74, 6) is 0. The Hall–Kier alpha value is -1.56. The molecule has 0 N–H and O–H groups in total. The van der Waals surface area contributed by atoms with Gasteiger partial charge in [0, 0.05) is 0 Å². The van der Waals surface area contributed by atoms with Gasteiger partial charge in [0.15, 0.2) is 0 Å². The third-order valence-corrected chi connectivity index (χ3v) is 1.83. The first-order valence-corrected chi connectivity index (χ1v) is 3.98. The topological polar surface area (TPSA) is 0 Å². The maximum atomic E-state index is 3.00. The Kier molecular flexibility index (Phi) is 1.91. The second kappa shape index (κ2) is 3.22. The molecule has 12 heavy (non-hydrogen) atoms. The van der Waals surface area contributed by atoms with E-state index in [0.29, 0.717) is 0 Å². The van der Waals surface area contributed by atoms with Crippen molar-refractivity contribution in [2.24, 2.45) is 0 Å². The van der Waals surface area contributed by atoms with Crippen molar-refractivity contribution < 1.29 is 1.43 Å². The summed E-state index contributed by atoms with van der Waals surface area (Å²) in [6.07, 6.45) is 0. The molecule has 2 aromatic rings. The fourth-order valence-electron chi connectivity index (χ4n) is 1.21. The third-order valence-electron chi connectivity index (χ3n) is 1.83. The minimum atomic E-state index is 0. The zero-order chi connectivity index (χ0) is 8.23. The van der Waals surface area contributed by atoms with Crippen LogP contribution in [0.1, 0.15) is 1.43 Å². The molecule has 0 saturated heterocycles. The highest BCUT2D eigenvalue weighted by atomic mass is 14.0. The molecule has 0 heterocycles. The number of hydrogen-bond acceptors (Lipinski definition) is 0. The van der Waals surface area contributed by atoms with Gasteiger partial charge < -0.3 is 0 Å². The van der Waals surface area contributed by atoms with Gasteiger partial charge in [-0.2, -0.15) is 0 Å². The Morgan fingerprint density at radius 3 is 2.00 bits per heavy atom. The summed E-state index contributed by atoms with van der Waals surface area (Å²) in [5, 5.41) is 0. The normalized spacial score (nSPS) is 9.67. The molecule has 2 rings (SSSR count). The van der Waals surface area contributed by atoms with E-state index in [1.165, 1.54) is 11.1 Å². The van der Waals surface area contributed by atoms with Crippen molar-refractivity contribution in [3.63, 3.8) is 0 Å². The van der Waals surface area contributed by atoms with E-state index in [-0.39, 0.29) is 1.43 Å². The van der Waals surface area contributed by atoms with Gasteiger partial charge in [-0.05, 0) is 17.2 Å². The van der Waals surface area contributed by atoms with Crippen LogP contribution in [0.2, 0.25) is 0 Å². The smallest absolute Gasteiger partial charge is 0.0622 e. The molecule has 1 radical (unpaired) electrons. The fraction of sp³-hybridized carbons (Fsp3) is 0. The first-order valence-electron chi connectivity index (χ1n) is 3.98. The van der Waals surface area contributed by atoms with E-state index < -0.39 is 0 Å². The second-order valence-electron chi connectivity index (χ2n) is 2.65. The van der Waals surface area contributed by atoms with Crippen LogP contribution in [-0.2, 0) is 0 Å². The van der Waals surface area contributed by atoms with Crippen LogP contribution >= 0.6 is 0 Å².